The Morgan fingerprint density at radius 2 is 2.16 bits per heavy atom. The molecular weight excluding hydrogens is 242 g/mol. The van der Waals surface area contributed by atoms with Gasteiger partial charge in [-0.25, -0.2) is 0 Å². The van der Waals surface area contributed by atoms with Gasteiger partial charge in [0.25, 0.3) is 5.89 Å². The zero-order chi connectivity index (χ0) is 14.0. The van der Waals surface area contributed by atoms with Crippen LogP contribution in [0.15, 0.2) is 22.7 Å². The standard InChI is InChI=1S/C14H19N3O2/c1-5-14(3,18-4)13-16-12(19-17-13)11-8-10(15)7-6-9(11)2/h6-8H,5,15H2,1-4H3. The minimum absolute atomic E-state index is 0.469. The average Bonchev–Trinajstić information content (AvgIpc) is 2.90. The average molecular weight is 261 g/mol. The molecule has 0 aliphatic rings. The van der Waals surface area contributed by atoms with E-state index in [1.807, 2.05) is 39.0 Å². The van der Waals surface area contributed by atoms with Crippen molar-refractivity contribution in [2.75, 3.05) is 12.8 Å². The van der Waals surface area contributed by atoms with Crippen LogP contribution in [0, 0.1) is 6.92 Å². The number of nitrogens with two attached hydrogens (primary N) is 1. The molecule has 2 N–H and O–H groups in total. The first-order valence-electron chi connectivity index (χ1n) is 6.26. The number of nitrogen functional groups attached to an aromatic ring is 1. The van der Waals surface area contributed by atoms with Crippen LogP contribution in [0.25, 0.3) is 11.5 Å². The number of ether oxygens (including phenoxy) is 1. The Kier molecular flexibility index (Phi) is 3.57. The Morgan fingerprint density at radius 3 is 2.79 bits per heavy atom. The van der Waals surface area contributed by atoms with Gasteiger partial charge in [0.2, 0.25) is 5.82 Å². The summed E-state index contributed by atoms with van der Waals surface area (Å²) in [5, 5.41) is 4.03. The lowest BCUT2D eigenvalue weighted by Gasteiger charge is -2.21. The molecule has 1 aromatic carbocycles. The Labute approximate surface area is 112 Å². The largest absolute Gasteiger partial charge is 0.399 e. The third kappa shape index (κ3) is 2.46. The first kappa shape index (κ1) is 13.5. The maximum Gasteiger partial charge on any atom is 0.258 e. The second kappa shape index (κ2) is 5.01. The third-order valence-corrected chi connectivity index (χ3v) is 3.52. The van der Waals surface area contributed by atoms with Gasteiger partial charge in [-0.1, -0.05) is 18.1 Å². The summed E-state index contributed by atoms with van der Waals surface area (Å²) in [5.41, 5.74) is 7.83. The lowest BCUT2D eigenvalue weighted by atomic mass is 10.0. The Morgan fingerprint density at radius 1 is 1.42 bits per heavy atom. The summed E-state index contributed by atoms with van der Waals surface area (Å²) in [7, 11) is 1.64. The number of nitrogens with zero attached hydrogens (tertiary/aromatic N) is 2. The van der Waals surface area contributed by atoms with Gasteiger partial charge in [0.1, 0.15) is 5.60 Å². The molecule has 0 bridgehead atoms. The van der Waals surface area contributed by atoms with Gasteiger partial charge in [0.05, 0.1) is 0 Å². The molecule has 0 amide bonds. The van der Waals surface area contributed by atoms with E-state index in [0.717, 1.165) is 17.5 Å². The van der Waals surface area contributed by atoms with E-state index in [2.05, 4.69) is 10.1 Å². The van der Waals surface area contributed by atoms with E-state index in [0.29, 0.717) is 17.4 Å². The fraction of sp³-hybridized carbons (Fsp3) is 0.429. The zero-order valence-electron chi connectivity index (χ0n) is 11.7. The van der Waals surface area contributed by atoms with Crippen molar-refractivity contribution in [3.8, 4) is 11.5 Å². The number of anilines is 1. The highest BCUT2D eigenvalue weighted by molar-refractivity contribution is 5.63. The van der Waals surface area contributed by atoms with Crippen molar-refractivity contribution in [2.45, 2.75) is 32.8 Å². The summed E-state index contributed by atoms with van der Waals surface area (Å²) in [6.45, 7) is 5.94. The van der Waals surface area contributed by atoms with Crippen LogP contribution in [0.1, 0.15) is 31.7 Å². The Bertz CT molecular complexity index is 574. The fourth-order valence-electron chi connectivity index (χ4n) is 1.81. The van der Waals surface area contributed by atoms with E-state index in [1.54, 1.807) is 7.11 Å². The lowest BCUT2D eigenvalue weighted by molar-refractivity contribution is -0.0106. The molecule has 2 rings (SSSR count). The van der Waals surface area contributed by atoms with Crippen molar-refractivity contribution >= 4 is 5.69 Å². The number of methoxy groups -OCH3 is 1. The molecule has 0 fully saturated rings. The van der Waals surface area contributed by atoms with Gasteiger partial charge in [-0.3, -0.25) is 0 Å². The van der Waals surface area contributed by atoms with E-state index in [4.69, 9.17) is 15.0 Å². The van der Waals surface area contributed by atoms with Crippen LogP contribution < -0.4 is 5.73 Å². The molecule has 0 spiro atoms. The lowest BCUT2D eigenvalue weighted by Crippen LogP contribution is -2.24. The summed E-state index contributed by atoms with van der Waals surface area (Å²) in [6.07, 6.45) is 0.762. The molecule has 2 aromatic rings. The summed E-state index contributed by atoms with van der Waals surface area (Å²) in [5.74, 6) is 1.02. The molecule has 102 valence electrons. The topological polar surface area (TPSA) is 74.2 Å². The molecule has 5 heteroatoms. The first-order valence-corrected chi connectivity index (χ1v) is 6.26. The molecule has 1 heterocycles. The predicted molar refractivity (Wildman–Crippen MR) is 73.5 cm³/mol. The van der Waals surface area contributed by atoms with Gasteiger partial charge in [0, 0.05) is 18.4 Å². The summed E-state index contributed by atoms with van der Waals surface area (Å²) >= 11 is 0. The van der Waals surface area contributed by atoms with E-state index in [1.165, 1.54) is 0 Å². The van der Waals surface area contributed by atoms with Crippen molar-refractivity contribution in [1.82, 2.24) is 10.1 Å². The maximum absolute atomic E-state index is 5.80. The van der Waals surface area contributed by atoms with E-state index < -0.39 is 5.60 Å². The van der Waals surface area contributed by atoms with Crippen molar-refractivity contribution in [2.24, 2.45) is 0 Å². The van der Waals surface area contributed by atoms with Crippen LogP contribution in [0.3, 0.4) is 0 Å². The van der Waals surface area contributed by atoms with Gasteiger partial charge in [-0.05, 0) is 38.0 Å². The minimum atomic E-state index is -0.532. The SMILES string of the molecule is CCC(C)(OC)c1noc(-c2cc(N)ccc2C)n1. The molecule has 0 saturated heterocycles. The number of rotatable bonds is 4. The van der Waals surface area contributed by atoms with Gasteiger partial charge in [0.15, 0.2) is 0 Å². The van der Waals surface area contributed by atoms with Crippen molar-refractivity contribution in [3.63, 3.8) is 0 Å². The van der Waals surface area contributed by atoms with Crippen LogP contribution in [-0.2, 0) is 10.3 Å². The van der Waals surface area contributed by atoms with Crippen molar-refractivity contribution in [3.05, 3.63) is 29.6 Å². The second-order valence-electron chi connectivity index (χ2n) is 4.79. The Hall–Kier alpha value is -1.88. The molecule has 0 radical (unpaired) electrons. The van der Waals surface area contributed by atoms with Crippen LogP contribution in [-0.4, -0.2) is 17.3 Å². The number of aryl methyl sites for hydroxylation is 1. The number of hydrogen-bond donors (Lipinski definition) is 1. The van der Waals surface area contributed by atoms with Gasteiger partial charge in [-0.2, -0.15) is 4.98 Å². The molecule has 19 heavy (non-hydrogen) atoms. The van der Waals surface area contributed by atoms with E-state index in [9.17, 15) is 0 Å². The number of benzene rings is 1. The predicted octanol–water partition coefficient (Wildman–Crippen LogP) is 2.90. The smallest absolute Gasteiger partial charge is 0.258 e. The monoisotopic (exact) mass is 261 g/mol. The summed E-state index contributed by atoms with van der Waals surface area (Å²) in [4.78, 5) is 4.44. The first-order chi connectivity index (χ1) is 9.00. The summed E-state index contributed by atoms with van der Waals surface area (Å²) < 4.78 is 10.8. The zero-order valence-corrected chi connectivity index (χ0v) is 11.7. The molecule has 0 saturated carbocycles. The number of hydrogen-bond acceptors (Lipinski definition) is 5. The fourth-order valence-corrected chi connectivity index (χ4v) is 1.81. The molecule has 1 unspecified atom stereocenters. The van der Waals surface area contributed by atoms with Crippen LogP contribution in [0.4, 0.5) is 5.69 Å². The molecule has 1 atom stereocenters. The van der Waals surface area contributed by atoms with Gasteiger partial charge in [-0.15, -0.1) is 0 Å². The van der Waals surface area contributed by atoms with Crippen LogP contribution in [0.5, 0.6) is 0 Å². The highest BCUT2D eigenvalue weighted by Crippen LogP contribution is 2.29. The maximum atomic E-state index is 5.80. The van der Waals surface area contributed by atoms with E-state index >= 15 is 0 Å². The molecule has 0 aliphatic heterocycles. The second-order valence-corrected chi connectivity index (χ2v) is 4.79. The molecule has 0 aliphatic carbocycles. The molecule has 1 aromatic heterocycles. The highest BCUT2D eigenvalue weighted by Gasteiger charge is 2.30. The molecular formula is C14H19N3O2. The quantitative estimate of drug-likeness (QED) is 0.856. The Balaban J connectivity index is 2.44. The van der Waals surface area contributed by atoms with E-state index in [-0.39, 0.29) is 0 Å². The third-order valence-electron chi connectivity index (χ3n) is 3.52. The van der Waals surface area contributed by atoms with Gasteiger partial charge < -0.3 is 15.0 Å². The van der Waals surface area contributed by atoms with Crippen molar-refractivity contribution in [1.29, 1.82) is 0 Å². The van der Waals surface area contributed by atoms with Gasteiger partial charge >= 0.3 is 0 Å². The van der Waals surface area contributed by atoms with Crippen molar-refractivity contribution < 1.29 is 9.26 Å². The van der Waals surface area contributed by atoms with Crippen LogP contribution in [0.2, 0.25) is 0 Å². The summed E-state index contributed by atoms with van der Waals surface area (Å²) in [6, 6.07) is 5.62. The molecule has 5 nitrogen and oxygen atoms in total. The number of aromatic nitrogens is 2. The normalized spacial score (nSPS) is 14.3. The van der Waals surface area contributed by atoms with Crippen LogP contribution >= 0.6 is 0 Å². The highest BCUT2D eigenvalue weighted by atomic mass is 16.5. The minimum Gasteiger partial charge on any atom is -0.399 e.